The van der Waals surface area contributed by atoms with E-state index in [9.17, 15) is 4.79 Å². The second kappa shape index (κ2) is 10.1. The highest BCUT2D eigenvalue weighted by Gasteiger charge is 2.37. The number of hydrogen-bond acceptors (Lipinski definition) is 6. The maximum atomic E-state index is 13.4. The lowest BCUT2D eigenvalue weighted by Gasteiger charge is -2.47. The summed E-state index contributed by atoms with van der Waals surface area (Å²) in [6.07, 6.45) is 5.83. The summed E-state index contributed by atoms with van der Waals surface area (Å²) in [4.78, 5) is 25.6. The predicted octanol–water partition coefficient (Wildman–Crippen LogP) is 4.67. The first-order valence-corrected chi connectivity index (χ1v) is 13.9. The molecule has 3 aromatic rings. The third-order valence-electron chi connectivity index (χ3n) is 8.79. The van der Waals surface area contributed by atoms with Crippen molar-refractivity contribution in [3.63, 3.8) is 0 Å². The van der Waals surface area contributed by atoms with E-state index in [1.807, 2.05) is 18.2 Å². The van der Waals surface area contributed by atoms with Crippen LogP contribution in [-0.4, -0.2) is 71.0 Å². The van der Waals surface area contributed by atoms with Crippen LogP contribution in [0.4, 0.5) is 6.01 Å². The Morgan fingerprint density at radius 1 is 1.00 bits per heavy atom. The fourth-order valence-electron chi connectivity index (χ4n) is 7.01. The van der Waals surface area contributed by atoms with Crippen molar-refractivity contribution in [2.75, 3.05) is 25.0 Å². The molecule has 6 rings (SSSR count). The van der Waals surface area contributed by atoms with E-state index < -0.39 is 0 Å². The molecule has 1 amide bonds. The van der Waals surface area contributed by atoms with Gasteiger partial charge in [-0.3, -0.25) is 9.69 Å². The fraction of sp³-hybridized carbons (Fsp3) is 0.533. The Labute approximate surface area is 219 Å². The van der Waals surface area contributed by atoms with E-state index in [-0.39, 0.29) is 24.0 Å². The monoisotopic (exact) mass is 501 g/mol. The Morgan fingerprint density at radius 2 is 1.70 bits per heavy atom. The third-order valence-corrected chi connectivity index (χ3v) is 8.79. The Kier molecular flexibility index (Phi) is 6.67. The van der Waals surface area contributed by atoms with E-state index in [0.717, 1.165) is 32.5 Å². The second-order valence-electron chi connectivity index (χ2n) is 11.5. The highest BCUT2D eigenvalue weighted by molar-refractivity contribution is 6.04. The first-order chi connectivity index (χ1) is 18.0. The van der Waals surface area contributed by atoms with E-state index in [1.165, 1.54) is 24.8 Å². The van der Waals surface area contributed by atoms with Gasteiger partial charge in [-0.25, -0.2) is 0 Å². The fourth-order valence-corrected chi connectivity index (χ4v) is 7.01. The van der Waals surface area contributed by atoms with Crippen LogP contribution in [0, 0.1) is 0 Å². The number of amides is 1. The Balaban J connectivity index is 1.17. The summed E-state index contributed by atoms with van der Waals surface area (Å²) in [5.74, 6) is -0.0353. The average Bonchev–Trinajstić information content (AvgIpc) is 3.28. The molecule has 0 radical (unpaired) electrons. The van der Waals surface area contributed by atoms with Crippen LogP contribution in [0.25, 0.3) is 11.1 Å². The van der Waals surface area contributed by atoms with Gasteiger partial charge in [-0.15, -0.1) is 0 Å². The van der Waals surface area contributed by atoms with Crippen LogP contribution in [0.15, 0.2) is 52.9 Å². The molecule has 3 aliphatic rings. The lowest BCUT2D eigenvalue weighted by Crippen LogP contribution is -2.56. The number of piperazine rings is 1. The molecule has 3 aliphatic heterocycles. The number of fused-ring (bicyclic) bond motifs is 3. The molecular formula is C30H39N5O2. The molecule has 4 atom stereocenters. The van der Waals surface area contributed by atoms with Crippen molar-refractivity contribution in [2.45, 2.75) is 82.7 Å². The van der Waals surface area contributed by atoms with Gasteiger partial charge in [0, 0.05) is 49.8 Å². The third kappa shape index (κ3) is 4.87. The van der Waals surface area contributed by atoms with Gasteiger partial charge in [0.05, 0.1) is 5.56 Å². The molecule has 2 aromatic carbocycles. The highest BCUT2D eigenvalue weighted by atomic mass is 16.4. The average molecular weight is 502 g/mol. The van der Waals surface area contributed by atoms with Gasteiger partial charge in [0.2, 0.25) is 0 Å². The maximum Gasteiger partial charge on any atom is 0.298 e. The Morgan fingerprint density at radius 3 is 2.41 bits per heavy atom. The number of benzene rings is 2. The number of carbonyl (C=O) groups excluding carboxylic acids is 1. The minimum atomic E-state index is -0.0353. The van der Waals surface area contributed by atoms with Crippen molar-refractivity contribution in [1.82, 2.24) is 20.1 Å². The molecule has 3 fully saturated rings. The highest BCUT2D eigenvalue weighted by Crippen LogP contribution is 2.33. The number of carbonyl (C=O) groups is 1. The molecule has 1 aromatic heterocycles. The van der Waals surface area contributed by atoms with Crippen LogP contribution < -0.4 is 10.2 Å². The molecule has 0 spiro atoms. The summed E-state index contributed by atoms with van der Waals surface area (Å²) in [7, 11) is 2.24. The van der Waals surface area contributed by atoms with Crippen molar-refractivity contribution in [2.24, 2.45) is 0 Å². The van der Waals surface area contributed by atoms with Crippen molar-refractivity contribution in [3.05, 3.63) is 59.7 Å². The summed E-state index contributed by atoms with van der Waals surface area (Å²) in [6, 6.07) is 18.8. The molecule has 0 aliphatic carbocycles. The number of nitrogens with one attached hydrogen (secondary N) is 1. The lowest BCUT2D eigenvalue weighted by atomic mass is 9.82. The molecule has 37 heavy (non-hydrogen) atoms. The van der Waals surface area contributed by atoms with Crippen LogP contribution >= 0.6 is 0 Å². The van der Waals surface area contributed by atoms with Gasteiger partial charge in [0.15, 0.2) is 5.58 Å². The van der Waals surface area contributed by atoms with E-state index in [4.69, 9.17) is 9.40 Å². The Hall–Kier alpha value is -2.90. The number of oxazole rings is 1. The zero-order chi connectivity index (χ0) is 25.5. The SMILES string of the molecule is C[C@H]1CN(Cc2ccccc2)C[C@H](C)N1c1nc2c(C(=O)NC3CC4CCCC(C3)N4C)cccc2o1. The first-order valence-electron chi connectivity index (χ1n) is 13.9. The predicted molar refractivity (Wildman–Crippen MR) is 147 cm³/mol. The standard InChI is InChI=1S/C30H39N5O2/c1-20-17-34(19-22-9-5-4-6-10-22)18-21(2)35(20)30-32-28-26(13-8-14-27(28)37-30)29(36)31-23-15-24-11-7-12-25(16-23)33(24)3/h4-6,8-10,13-14,20-21,23-25H,7,11-12,15-19H2,1-3H3,(H,31,36)/t20-,21-,23?,24?,25?/m0/s1. The smallest absolute Gasteiger partial charge is 0.298 e. The van der Waals surface area contributed by atoms with E-state index in [2.05, 4.69) is 71.2 Å². The zero-order valence-corrected chi connectivity index (χ0v) is 22.3. The lowest BCUT2D eigenvalue weighted by molar-refractivity contribution is 0.0463. The minimum Gasteiger partial charge on any atom is -0.423 e. The number of anilines is 1. The second-order valence-corrected chi connectivity index (χ2v) is 11.5. The number of aromatic nitrogens is 1. The summed E-state index contributed by atoms with van der Waals surface area (Å²) in [6.45, 7) is 7.27. The number of nitrogens with zero attached hydrogens (tertiary/aromatic N) is 4. The van der Waals surface area contributed by atoms with E-state index in [1.54, 1.807) is 0 Å². The minimum absolute atomic E-state index is 0.0353. The van der Waals surface area contributed by atoms with Gasteiger partial charge in [0.25, 0.3) is 11.9 Å². The van der Waals surface area contributed by atoms with Gasteiger partial charge in [-0.1, -0.05) is 42.8 Å². The molecule has 2 bridgehead atoms. The zero-order valence-electron chi connectivity index (χ0n) is 22.3. The molecule has 3 saturated heterocycles. The first kappa shape index (κ1) is 24.4. The van der Waals surface area contributed by atoms with Crippen molar-refractivity contribution in [3.8, 4) is 0 Å². The molecule has 2 unspecified atom stereocenters. The van der Waals surface area contributed by atoms with Gasteiger partial charge < -0.3 is 19.5 Å². The molecular weight excluding hydrogens is 462 g/mol. The quantitative estimate of drug-likeness (QED) is 0.548. The van der Waals surface area contributed by atoms with Gasteiger partial charge in [-0.2, -0.15) is 4.98 Å². The van der Waals surface area contributed by atoms with Crippen LogP contribution in [-0.2, 0) is 6.54 Å². The van der Waals surface area contributed by atoms with E-state index in [0.29, 0.717) is 34.8 Å². The van der Waals surface area contributed by atoms with Gasteiger partial charge >= 0.3 is 0 Å². The van der Waals surface area contributed by atoms with Gasteiger partial charge in [-0.05, 0) is 64.3 Å². The normalized spacial score (nSPS) is 28.9. The topological polar surface area (TPSA) is 64.8 Å². The molecule has 196 valence electrons. The molecule has 1 N–H and O–H groups in total. The van der Waals surface area contributed by atoms with Crippen LogP contribution in [0.5, 0.6) is 0 Å². The van der Waals surface area contributed by atoms with E-state index >= 15 is 0 Å². The van der Waals surface area contributed by atoms with Crippen LogP contribution in [0.3, 0.4) is 0 Å². The number of piperidine rings is 2. The Bertz CT molecular complexity index is 1220. The summed E-state index contributed by atoms with van der Waals surface area (Å²) in [5.41, 5.74) is 3.28. The molecule has 0 saturated carbocycles. The van der Waals surface area contributed by atoms with Crippen molar-refractivity contribution >= 4 is 23.0 Å². The molecule has 4 heterocycles. The maximum absolute atomic E-state index is 13.4. The van der Waals surface area contributed by atoms with Gasteiger partial charge in [0.1, 0.15) is 5.52 Å². The molecule has 7 nitrogen and oxygen atoms in total. The number of rotatable bonds is 5. The summed E-state index contributed by atoms with van der Waals surface area (Å²) >= 11 is 0. The number of para-hydroxylation sites is 1. The number of hydrogen-bond donors (Lipinski definition) is 1. The molecule has 7 heteroatoms. The summed E-state index contributed by atoms with van der Waals surface area (Å²) < 4.78 is 6.27. The largest absolute Gasteiger partial charge is 0.423 e. The van der Waals surface area contributed by atoms with Crippen LogP contribution in [0.1, 0.15) is 61.9 Å². The van der Waals surface area contributed by atoms with Crippen LogP contribution in [0.2, 0.25) is 0 Å². The van der Waals surface area contributed by atoms with Crippen molar-refractivity contribution in [1.29, 1.82) is 0 Å². The summed E-state index contributed by atoms with van der Waals surface area (Å²) in [5, 5.41) is 3.34. The van der Waals surface area contributed by atoms with Crippen molar-refractivity contribution < 1.29 is 9.21 Å².